The molecule has 0 radical (unpaired) electrons. The van der Waals surface area contributed by atoms with E-state index in [0.717, 1.165) is 12.0 Å². The van der Waals surface area contributed by atoms with Gasteiger partial charge in [-0.25, -0.2) is 0 Å². The first-order chi connectivity index (χ1) is 7.16. The Bertz CT molecular complexity index is 386. The number of nitro groups is 1. The number of nitrogens with zero attached hydrogens (tertiary/aromatic N) is 1. The molecule has 1 rings (SSSR count). The van der Waals surface area contributed by atoms with Crippen LogP contribution in [-0.4, -0.2) is 11.5 Å². The molecule has 4 nitrogen and oxygen atoms in total. The summed E-state index contributed by atoms with van der Waals surface area (Å²) < 4.78 is 0. The Morgan fingerprint density at radius 2 is 2.27 bits per heavy atom. The lowest BCUT2D eigenvalue weighted by molar-refractivity contribution is -0.385. The molecule has 1 aromatic carbocycles. The highest BCUT2D eigenvalue weighted by molar-refractivity contribution is 5.64. The Labute approximate surface area is 88.6 Å². The summed E-state index contributed by atoms with van der Waals surface area (Å²) in [6, 6.07) is 5.05. The minimum absolute atomic E-state index is 0.142. The standard InChI is InChI=1S/C11H14N2O2/c1-9-5-4-7-11(13(14)15)10(9)6-2-3-8-12/h2,4-7H,3,8,12H2,1H3. The normalized spacial score (nSPS) is 10.8. The molecule has 0 fully saturated rings. The molecule has 0 saturated heterocycles. The molecule has 0 aliphatic heterocycles. The molecular weight excluding hydrogens is 192 g/mol. The number of nitrogens with two attached hydrogens (primary N) is 1. The summed E-state index contributed by atoms with van der Waals surface area (Å²) in [5.41, 5.74) is 7.05. The Balaban J connectivity index is 3.07. The Kier molecular flexibility index (Phi) is 4.00. The van der Waals surface area contributed by atoms with Gasteiger partial charge in [-0.15, -0.1) is 0 Å². The van der Waals surface area contributed by atoms with E-state index in [1.54, 1.807) is 12.1 Å². The number of rotatable bonds is 4. The molecule has 0 heterocycles. The van der Waals surface area contributed by atoms with Crippen LogP contribution in [0.15, 0.2) is 24.3 Å². The molecule has 80 valence electrons. The number of benzene rings is 1. The van der Waals surface area contributed by atoms with Crippen molar-refractivity contribution in [2.24, 2.45) is 5.73 Å². The average molecular weight is 206 g/mol. The van der Waals surface area contributed by atoms with Gasteiger partial charge < -0.3 is 5.73 Å². The maximum Gasteiger partial charge on any atom is 0.276 e. The number of hydrogen-bond acceptors (Lipinski definition) is 3. The summed E-state index contributed by atoms with van der Waals surface area (Å²) in [4.78, 5) is 10.4. The van der Waals surface area contributed by atoms with Crippen LogP contribution in [0.5, 0.6) is 0 Å². The van der Waals surface area contributed by atoms with Crippen molar-refractivity contribution < 1.29 is 4.92 Å². The first-order valence-electron chi connectivity index (χ1n) is 4.77. The van der Waals surface area contributed by atoms with Crippen molar-refractivity contribution >= 4 is 11.8 Å². The molecule has 0 amide bonds. The molecule has 2 N–H and O–H groups in total. The van der Waals surface area contributed by atoms with Gasteiger partial charge in [0.1, 0.15) is 0 Å². The highest BCUT2D eigenvalue weighted by atomic mass is 16.6. The maximum atomic E-state index is 10.8. The SMILES string of the molecule is Cc1cccc([N+](=O)[O-])c1C=CCCN. The third-order valence-electron chi connectivity index (χ3n) is 2.12. The topological polar surface area (TPSA) is 69.2 Å². The van der Waals surface area contributed by atoms with Gasteiger partial charge in [-0.3, -0.25) is 10.1 Å². The molecular formula is C11H14N2O2. The van der Waals surface area contributed by atoms with Gasteiger partial charge in [-0.05, 0) is 25.5 Å². The third kappa shape index (κ3) is 2.89. The van der Waals surface area contributed by atoms with Crippen LogP contribution in [0.25, 0.3) is 6.08 Å². The Hall–Kier alpha value is -1.68. The Morgan fingerprint density at radius 3 is 2.87 bits per heavy atom. The predicted molar refractivity (Wildman–Crippen MR) is 60.5 cm³/mol. The van der Waals surface area contributed by atoms with Crippen molar-refractivity contribution in [3.63, 3.8) is 0 Å². The molecule has 4 heteroatoms. The molecule has 0 spiro atoms. The minimum atomic E-state index is -0.366. The lowest BCUT2D eigenvalue weighted by Crippen LogP contribution is -1.96. The summed E-state index contributed by atoms with van der Waals surface area (Å²) in [6.07, 6.45) is 4.35. The van der Waals surface area contributed by atoms with Crippen LogP contribution in [0, 0.1) is 17.0 Å². The van der Waals surface area contributed by atoms with E-state index in [0.29, 0.717) is 12.1 Å². The van der Waals surface area contributed by atoms with Crippen LogP contribution in [0.3, 0.4) is 0 Å². The van der Waals surface area contributed by atoms with E-state index >= 15 is 0 Å². The zero-order valence-electron chi connectivity index (χ0n) is 8.64. The van der Waals surface area contributed by atoms with E-state index in [2.05, 4.69) is 0 Å². The molecule has 0 saturated carbocycles. The van der Waals surface area contributed by atoms with Gasteiger partial charge in [0.05, 0.1) is 10.5 Å². The summed E-state index contributed by atoms with van der Waals surface area (Å²) in [5, 5.41) is 10.8. The molecule has 0 bridgehead atoms. The summed E-state index contributed by atoms with van der Waals surface area (Å²) in [5.74, 6) is 0. The third-order valence-corrected chi connectivity index (χ3v) is 2.12. The lowest BCUT2D eigenvalue weighted by Gasteiger charge is -2.01. The molecule has 0 atom stereocenters. The summed E-state index contributed by atoms with van der Waals surface area (Å²) >= 11 is 0. The van der Waals surface area contributed by atoms with Crippen molar-refractivity contribution in [2.75, 3.05) is 6.54 Å². The first kappa shape index (κ1) is 11.4. The van der Waals surface area contributed by atoms with Crippen LogP contribution in [0.1, 0.15) is 17.5 Å². The zero-order valence-corrected chi connectivity index (χ0v) is 8.64. The van der Waals surface area contributed by atoms with Crippen molar-refractivity contribution in [1.29, 1.82) is 0 Å². The highest BCUT2D eigenvalue weighted by Gasteiger charge is 2.11. The first-order valence-corrected chi connectivity index (χ1v) is 4.77. The molecule has 0 aliphatic rings. The molecule has 15 heavy (non-hydrogen) atoms. The van der Waals surface area contributed by atoms with Gasteiger partial charge in [0, 0.05) is 6.07 Å². The van der Waals surface area contributed by atoms with Gasteiger partial charge in [0.2, 0.25) is 0 Å². The fraction of sp³-hybridized carbons (Fsp3) is 0.273. The van der Waals surface area contributed by atoms with Crippen LogP contribution in [-0.2, 0) is 0 Å². The van der Waals surface area contributed by atoms with Gasteiger partial charge in [-0.2, -0.15) is 0 Å². The quantitative estimate of drug-likeness (QED) is 0.606. The lowest BCUT2D eigenvalue weighted by atomic mass is 10.1. The number of nitro benzene ring substituents is 1. The fourth-order valence-electron chi connectivity index (χ4n) is 1.34. The minimum Gasteiger partial charge on any atom is -0.330 e. The largest absolute Gasteiger partial charge is 0.330 e. The van der Waals surface area contributed by atoms with Gasteiger partial charge in [0.25, 0.3) is 5.69 Å². The summed E-state index contributed by atoms with van der Waals surface area (Å²) in [7, 11) is 0. The monoisotopic (exact) mass is 206 g/mol. The molecule has 0 unspecified atom stereocenters. The van der Waals surface area contributed by atoms with E-state index in [9.17, 15) is 10.1 Å². The number of hydrogen-bond donors (Lipinski definition) is 1. The highest BCUT2D eigenvalue weighted by Crippen LogP contribution is 2.23. The van der Waals surface area contributed by atoms with Crippen molar-refractivity contribution in [1.82, 2.24) is 0 Å². The maximum absolute atomic E-state index is 10.8. The fourth-order valence-corrected chi connectivity index (χ4v) is 1.34. The van der Waals surface area contributed by atoms with Crippen LogP contribution >= 0.6 is 0 Å². The van der Waals surface area contributed by atoms with Crippen LogP contribution in [0.4, 0.5) is 5.69 Å². The van der Waals surface area contributed by atoms with Gasteiger partial charge in [-0.1, -0.05) is 24.3 Å². The Morgan fingerprint density at radius 1 is 1.53 bits per heavy atom. The molecule has 1 aromatic rings. The molecule has 0 aliphatic carbocycles. The second kappa shape index (κ2) is 5.26. The van der Waals surface area contributed by atoms with Crippen molar-refractivity contribution in [3.05, 3.63) is 45.5 Å². The van der Waals surface area contributed by atoms with Gasteiger partial charge >= 0.3 is 0 Å². The predicted octanol–water partition coefficient (Wildman–Crippen LogP) is 2.27. The van der Waals surface area contributed by atoms with E-state index in [1.807, 2.05) is 19.1 Å². The molecule has 0 aromatic heterocycles. The van der Waals surface area contributed by atoms with Gasteiger partial charge in [0.15, 0.2) is 0 Å². The number of aryl methyl sites for hydroxylation is 1. The van der Waals surface area contributed by atoms with Crippen LogP contribution in [0.2, 0.25) is 0 Å². The van der Waals surface area contributed by atoms with Crippen molar-refractivity contribution in [3.8, 4) is 0 Å². The van der Waals surface area contributed by atoms with E-state index < -0.39 is 0 Å². The van der Waals surface area contributed by atoms with E-state index in [-0.39, 0.29) is 10.6 Å². The second-order valence-corrected chi connectivity index (χ2v) is 3.24. The van der Waals surface area contributed by atoms with Crippen molar-refractivity contribution in [2.45, 2.75) is 13.3 Å². The second-order valence-electron chi connectivity index (χ2n) is 3.24. The zero-order chi connectivity index (χ0) is 11.3. The summed E-state index contributed by atoms with van der Waals surface area (Å²) in [6.45, 7) is 2.41. The van der Waals surface area contributed by atoms with E-state index in [4.69, 9.17) is 5.73 Å². The van der Waals surface area contributed by atoms with Crippen LogP contribution < -0.4 is 5.73 Å². The smallest absolute Gasteiger partial charge is 0.276 e. The average Bonchev–Trinajstić information content (AvgIpc) is 2.20. The van der Waals surface area contributed by atoms with E-state index in [1.165, 1.54) is 6.07 Å².